The molecule has 1 aliphatic rings. The molecule has 308 valence electrons. The fourth-order valence-corrected chi connectivity index (χ4v) is 5.02. The van der Waals surface area contributed by atoms with Crippen LogP contribution in [0.25, 0.3) is 0 Å². The lowest BCUT2D eigenvalue weighted by Gasteiger charge is -2.20. The third kappa shape index (κ3) is 19.4. The van der Waals surface area contributed by atoms with Crippen molar-refractivity contribution in [2.45, 2.75) is 66.5 Å². The summed E-state index contributed by atoms with van der Waals surface area (Å²) in [6.45, 7) is 12.7. The number of carbonyl (C=O) groups excluding carboxylic acids is 4. The maximum Gasteiger partial charge on any atom is 0.327 e. The molecule has 0 saturated carbocycles. The zero-order valence-electron chi connectivity index (χ0n) is 33.0. The minimum absolute atomic E-state index is 0. The van der Waals surface area contributed by atoms with E-state index in [4.69, 9.17) is 37.9 Å². The van der Waals surface area contributed by atoms with Crippen molar-refractivity contribution in [1.82, 2.24) is 5.32 Å². The van der Waals surface area contributed by atoms with Gasteiger partial charge in [-0.15, -0.1) is 0 Å². The first-order valence-electron chi connectivity index (χ1n) is 17.8. The Bertz CT molecular complexity index is 1480. The van der Waals surface area contributed by atoms with Crippen LogP contribution < -0.4 is 24.3 Å². The van der Waals surface area contributed by atoms with Gasteiger partial charge in [0.05, 0.1) is 40.6 Å². The fourth-order valence-electron chi connectivity index (χ4n) is 5.02. The van der Waals surface area contributed by atoms with E-state index in [0.717, 1.165) is 24.0 Å². The quantitative estimate of drug-likeness (QED) is 0.0704. The molecule has 1 fully saturated rings. The minimum atomic E-state index is -0.489. The second kappa shape index (κ2) is 29.6. The number of nitrogens with zero attached hydrogens (tertiary/aromatic N) is 1. The first-order chi connectivity index (χ1) is 26.0. The number of methoxy groups -OCH3 is 4. The van der Waals surface area contributed by atoms with Crippen LogP contribution in [0.4, 0.5) is 0 Å². The SMILES string of the molecule is C.C=CC(C)=O.CCOC(=O)C1CC(C(C)=O)C(c2ccc(OC)c(OCCCOC)c2)N1.CCOC(=O)CN=Cc1ccc(OC)c(OCCCOC)c1. The predicted molar refractivity (Wildman–Crippen MR) is 212 cm³/mol. The number of aliphatic imine (C=N–C) groups is 1. The molecule has 0 aromatic heterocycles. The molecule has 0 spiro atoms. The number of hydrogen-bond donors (Lipinski definition) is 1. The van der Waals surface area contributed by atoms with Crippen molar-refractivity contribution in [2.24, 2.45) is 10.9 Å². The summed E-state index contributed by atoms with van der Waals surface area (Å²) in [4.78, 5) is 49.2. The number of rotatable bonds is 21. The van der Waals surface area contributed by atoms with Crippen LogP contribution in [0.3, 0.4) is 0 Å². The van der Waals surface area contributed by atoms with Crippen LogP contribution in [0.15, 0.2) is 54.0 Å². The predicted octanol–water partition coefficient (Wildman–Crippen LogP) is 5.77. The van der Waals surface area contributed by atoms with Gasteiger partial charge >= 0.3 is 11.9 Å². The van der Waals surface area contributed by atoms with Gasteiger partial charge in [0.1, 0.15) is 18.4 Å². The van der Waals surface area contributed by atoms with Gasteiger partial charge in [-0.05, 0) is 81.7 Å². The number of allylic oxidation sites excluding steroid dienone is 1. The molecule has 2 aromatic rings. The van der Waals surface area contributed by atoms with Crippen molar-refractivity contribution in [3.8, 4) is 23.0 Å². The Balaban J connectivity index is 0.000000943. The second-order valence-corrected chi connectivity index (χ2v) is 11.7. The average molecular weight is 775 g/mol. The van der Waals surface area contributed by atoms with Crippen LogP contribution in [-0.2, 0) is 38.1 Å². The highest BCUT2D eigenvalue weighted by atomic mass is 16.5. The molecule has 0 amide bonds. The number of esters is 2. The van der Waals surface area contributed by atoms with Gasteiger partial charge in [0.15, 0.2) is 28.8 Å². The summed E-state index contributed by atoms with van der Waals surface area (Å²) in [5.41, 5.74) is 1.70. The van der Waals surface area contributed by atoms with Crippen molar-refractivity contribution in [3.05, 3.63) is 60.2 Å². The summed E-state index contributed by atoms with van der Waals surface area (Å²) in [5.74, 6) is 1.61. The Morgan fingerprint density at radius 3 is 1.84 bits per heavy atom. The molecule has 3 atom stereocenters. The van der Waals surface area contributed by atoms with Crippen molar-refractivity contribution in [1.29, 1.82) is 0 Å². The third-order valence-corrected chi connectivity index (χ3v) is 7.65. The molecule has 0 aliphatic carbocycles. The molecule has 55 heavy (non-hydrogen) atoms. The van der Waals surface area contributed by atoms with Crippen LogP contribution in [0.5, 0.6) is 23.0 Å². The second-order valence-electron chi connectivity index (χ2n) is 11.7. The largest absolute Gasteiger partial charge is 0.493 e. The molecule has 1 saturated heterocycles. The number of benzene rings is 2. The standard InChI is InChI=1S/C20H29NO6.C16H23NO5.C4H6O.CH4/c1-5-26-20(23)16-12-15(13(2)22)19(21-16)14-7-8-17(25-4)18(11-14)27-10-6-9-24-3;1-4-21-16(18)12-17-11-13-6-7-14(20-3)15(10-13)22-9-5-8-19-2;1-3-4(2)5;/h7-8,11,15-16,19,21H,5-6,9-10,12H2,1-4H3;6-7,10-11H,4-5,8-9,12H2,1-3H3;3H,1H2,2H3;1H4. The smallest absolute Gasteiger partial charge is 0.327 e. The van der Waals surface area contributed by atoms with Crippen LogP contribution in [0, 0.1) is 5.92 Å². The van der Waals surface area contributed by atoms with Crippen molar-refractivity contribution < 1.29 is 57.1 Å². The molecule has 3 rings (SSSR count). The van der Waals surface area contributed by atoms with E-state index in [-0.39, 0.29) is 49.4 Å². The summed E-state index contributed by atoms with van der Waals surface area (Å²) in [5, 5.41) is 3.25. The zero-order valence-corrected chi connectivity index (χ0v) is 33.0. The van der Waals surface area contributed by atoms with Crippen molar-refractivity contribution in [3.63, 3.8) is 0 Å². The Labute approximate surface area is 326 Å². The first kappa shape index (κ1) is 50.2. The summed E-state index contributed by atoms with van der Waals surface area (Å²) >= 11 is 0. The molecule has 1 aliphatic heterocycles. The highest BCUT2D eigenvalue weighted by Crippen LogP contribution is 2.38. The molecular formula is C41H62N2O12. The molecule has 3 unspecified atom stereocenters. The lowest BCUT2D eigenvalue weighted by atomic mass is 9.90. The van der Waals surface area contributed by atoms with Gasteiger partial charge in [-0.1, -0.05) is 20.1 Å². The molecule has 1 N–H and O–H groups in total. The molecule has 0 bridgehead atoms. The molecule has 14 heteroatoms. The number of ether oxygens (including phenoxy) is 8. The van der Waals surface area contributed by atoms with Gasteiger partial charge in [0, 0.05) is 58.4 Å². The van der Waals surface area contributed by atoms with Crippen LogP contribution in [-0.4, -0.2) is 110 Å². The van der Waals surface area contributed by atoms with E-state index >= 15 is 0 Å². The molecule has 0 radical (unpaired) electrons. The van der Waals surface area contributed by atoms with Gasteiger partial charge in [0.25, 0.3) is 0 Å². The molecule has 14 nitrogen and oxygen atoms in total. The van der Waals surface area contributed by atoms with E-state index in [0.29, 0.717) is 69.1 Å². The zero-order chi connectivity index (χ0) is 40.3. The Kier molecular flexibility index (Phi) is 27.0. The molecular weight excluding hydrogens is 712 g/mol. The average Bonchev–Trinajstić information content (AvgIpc) is 3.62. The Morgan fingerprint density at radius 1 is 0.800 bits per heavy atom. The molecule has 2 aromatic carbocycles. The van der Waals surface area contributed by atoms with E-state index in [1.54, 1.807) is 61.5 Å². The van der Waals surface area contributed by atoms with Crippen LogP contribution in [0.2, 0.25) is 0 Å². The van der Waals surface area contributed by atoms with E-state index in [9.17, 15) is 19.2 Å². The maximum absolute atomic E-state index is 12.1. The maximum atomic E-state index is 12.1. The lowest BCUT2D eigenvalue weighted by molar-refractivity contribution is -0.145. The van der Waals surface area contributed by atoms with E-state index in [1.807, 2.05) is 30.3 Å². The number of nitrogens with one attached hydrogen (secondary N) is 1. The van der Waals surface area contributed by atoms with Crippen molar-refractivity contribution >= 4 is 29.7 Å². The fraction of sp³-hybridized carbons (Fsp3) is 0.537. The van der Waals surface area contributed by atoms with E-state index < -0.39 is 6.04 Å². The summed E-state index contributed by atoms with van der Waals surface area (Å²) in [7, 11) is 6.47. The number of Topliss-reactive ketones (excluding diaryl/α,β-unsaturated/α-hetero) is 1. The number of hydrogen-bond acceptors (Lipinski definition) is 14. The summed E-state index contributed by atoms with van der Waals surface area (Å²) in [6.07, 6.45) is 4.86. The van der Waals surface area contributed by atoms with Gasteiger partial charge in [0.2, 0.25) is 0 Å². The van der Waals surface area contributed by atoms with Crippen LogP contribution >= 0.6 is 0 Å². The third-order valence-electron chi connectivity index (χ3n) is 7.65. The monoisotopic (exact) mass is 774 g/mol. The van der Waals surface area contributed by atoms with Crippen LogP contribution in [0.1, 0.15) is 71.6 Å². The normalized spacial score (nSPS) is 15.5. The van der Waals surface area contributed by atoms with Gasteiger partial charge in [-0.25, -0.2) is 0 Å². The van der Waals surface area contributed by atoms with Gasteiger partial charge < -0.3 is 37.9 Å². The summed E-state index contributed by atoms with van der Waals surface area (Å²) in [6, 6.07) is 10.3. The van der Waals surface area contributed by atoms with Gasteiger partial charge in [-0.2, -0.15) is 0 Å². The number of carbonyl (C=O) groups is 4. The highest BCUT2D eigenvalue weighted by Gasteiger charge is 2.41. The van der Waals surface area contributed by atoms with E-state index in [2.05, 4.69) is 16.9 Å². The highest BCUT2D eigenvalue weighted by molar-refractivity contribution is 5.86. The molecule has 1 heterocycles. The Morgan fingerprint density at radius 2 is 1.35 bits per heavy atom. The van der Waals surface area contributed by atoms with E-state index in [1.165, 1.54) is 13.0 Å². The first-order valence-corrected chi connectivity index (χ1v) is 17.8. The lowest BCUT2D eigenvalue weighted by Crippen LogP contribution is -2.33. The van der Waals surface area contributed by atoms with Gasteiger partial charge in [-0.3, -0.25) is 29.5 Å². The van der Waals surface area contributed by atoms with Crippen molar-refractivity contribution in [2.75, 3.05) is 74.6 Å². The summed E-state index contributed by atoms with van der Waals surface area (Å²) < 4.78 is 42.1. The number of ketones is 2. The minimum Gasteiger partial charge on any atom is -0.493 e. The topological polar surface area (TPSA) is 167 Å². The Hall–Kier alpha value is -4.79.